The molecule has 0 aliphatic carbocycles. The fourth-order valence-corrected chi connectivity index (χ4v) is 2.35. The molecule has 0 aromatic heterocycles. The van der Waals surface area contributed by atoms with Gasteiger partial charge in [-0.3, -0.25) is 0 Å². The Morgan fingerprint density at radius 2 is 2.13 bits per heavy atom. The van der Waals surface area contributed by atoms with Gasteiger partial charge in [0.05, 0.1) is 6.54 Å². The Balaban J connectivity index is 2.41. The molecule has 0 fully saturated rings. The number of aromatic hydroxyl groups is 1. The number of halogens is 1. The molecular formula is C10H10BrNO3. The molecule has 1 aliphatic heterocycles. The Morgan fingerprint density at radius 1 is 1.40 bits per heavy atom. The van der Waals surface area contributed by atoms with Crippen LogP contribution in [-0.4, -0.2) is 27.8 Å². The third kappa shape index (κ3) is 1.79. The summed E-state index contributed by atoms with van der Waals surface area (Å²) in [5.74, 6) is 0.166. The molecular weight excluding hydrogens is 262 g/mol. The fraction of sp³-hybridized carbons (Fsp3) is 0.300. The summed E-state index contributed by atoms with van der Waals surface area (Å²) in [4.78, 5) is 12.1. The van der Waals surface area contributed by atoms with Gasteiger partial charge in [-0.05, 0) is 24.1 Å². The van der Waals surface area contributed by atoms with E-state index in [1.807, 2.05) is 0 Å². The van der Waals surface area contributed by atoms with Crippen molar-refractivity contribution in [2.75, 3.05) is 6.54 Å². The molecule has 5 heteroatoms. The molecule has 2 rings (SSSR count). The van der Waals surface area contributed by atoms with Crippen LogP contribution < -0.4 is 0 Å². The standard InChI is InChI=1S/C10H10BrNO3/c11-8-1-2-9(13)7-5-12(10(14)15)4-3-6(7)8/h1-2,13H,3-5H2,(H,14,15). The first-order valence-corrected chi connectivity index (χ1v) is 5.36. The minimum atomic E-state index is -0.944. The molecule has 0 saturated carbocycles. The van der Waals surface area contributed by atoms with E-state index in [0.29, 0.717) is 18.5 Å². The van der Waals surface area contributed by atoms with Gasteiger partial charge in [-0.2, -0.15) is 0 Å². The Bertz CT molecular complexity index is 419. The number of phenolic OH excluding ortho intramolecular Hbond substituents is 1. The second-order valence-electron chi connectivity index (χ2n) is 3.48. The van der Waals surface area contributed by atoms with E-state index >= 15 is 0 Å². The van der Waals surface area contributed by atoms with Crippen LogP contribution in [0.2, 0.25) is 0 Å². The quantitative estimate of drug-likeness (QED) is 0.761. The first-order valence-electron chi connectivity index (χ1n) is 4.56. The van der Waals surface area contributed by atoms with Crippen molar-refractivity contribution in [3.05, 3.63) is 27.7 Å². The van der Waals surface area contributed by atoms with Crippen LogP contribution in [0.5, 0.6) is 5.75 Å². The molecule has 0 radical (unpaired) electrons. The van der Waals surface area contributed by atoms with E-state index in [1.54, 1.807) is 12.1 Å². The van der Waals surface area contributed by atoms with Crippen molar-refractivity contribution in [1.82, 2.24) is 4.90 Å². The molecule has 1 aromatic rings. The predicted octanol–water partition coefficient (Wildman–Crippen LogP) is 2.19. The van der Waals surface area contributed by atoms with Crippen molar-refractivity contribution in [2.24, 2.45) is 0 Å². The first kappa shape index (κ1) is 10.3. The van der Waals surface area contributed by atoms with E-state index in [2.05, 4.69) is 15.9 Å². The lowest BCUT2D eigenvalue weighted by atomic mass is 9.99. The van der Waals surface area contributed by atoms with E-state index < -0.39 is 6.09 Å². The van der Waals surface area contributed by atoms with Gasteiger partial charge in [0, 0.05) is 16.6 Å². The molecule has 1 heterocycles. The molecule has 0 bridgehead atoms. The summed E-state index contributed by atoms with van der Waals surface area (Å²) in [5.41, 5.74) is 1.71. The lowest BCUT2D eigenvalue weighted by molar-refractivity contribution is 0.139. The average molecular weight is 272 g/mol. The fourth-order valence-electron chi connectivity index (χ4n) is 1.78. The van der Waals surface area contributed by atoms with Crippen LogP contribution in [0, 0.1) is 0 Å². The van der Waals surface area contributed by atoms with Crippen molar-refractivity contribution in [3.8, 4) is 5.75 Å². The van der Waals surface area contributed by atoms with Gasteiger partial charge in [0.2, 0.25) is 0 Å². The number of hydrogen-bond donors (Lipinski definition) is 2. The number of benzene rings is 1. The van der Waals surface area contributed by atoms with Gasteiger partial charge in [-0.1, -0.05) is 15.9 Å². The van der Waals surface area contributed by atoms with Crippen LogP contribution in [0.1, 0.15) is 11.1 Å². The molecule has 0 spiro atoms. The van der Waals surface area contributed by atoms with Crippen molar-refractivity contribution < 1.29 is 15.0 Å². The topological polar surface area (TPSA) is 60.8 Å². The number of rotatable bonds is 0. The number of carboxylic acid groups (broad SMARTS) is 1. The SMILES string of the molecule is O=C(O)N1CCc2c(Br)ccc(O)c2C1. The van der Waals surface area contributed by atoms with Crippen molar-refractivity contribution in [1.29, 1.82) is 0 Å². The highest BCUT2D eigenvalue weighted by Crippen LogP contribution is 2.32. The molecule has 0 unspecified atom stereocenters. The summed E-state index contributed by atoms with van der Waals surface area (Å²) in [6, 6.07) is 3.36. The number of hydrogen-bond acceptors (Lipinski definition) is 2. The van der Waals surface area contributed by atoms with E-state index in [1.165, 1.54) is 4.90 Å². The molecule has 1 amide bonds. The summed E-state index contributed by atoms with van der Waals surface area (Å²) in [5, 5.41) is 18.5. The van der Waals surface area contributed by atoms with Gasteiger partial charge >= 0.3 is 6.09 Å². The predicted molar refractivity (Wildman–Crippen MR) is 57.9 cm³/mol. The van der Waals surface area contributed by atoms with Gasteiger partial charge in [0.1, 0.15) is 5.75 Å². The number of fused-ring (bicyclic) bond motifs is 1. The maximum Gasteiger partial charge on any atom is 0.407 e. The van der Waals surface area contributed by atoms with Crippen molar-refractivity contribution in [2.45, 2.75) is 13.0 Å². The zero-order valence-electron chi connectivity index (χ0n) is 7.90. The summed E-state index contributed by atoms with van der Waals surface area (Å²) < 4.78 is 0.931. The highest BCUT2D eigenvalue weighted by molar-refractivity contribution is 9.10. The van der Waals surface area contributed by atoms with Gasteiger partial charge in [-0.15, -0.1) is 0 Å². The molecule has 0 saturated heterocycles. The van der Waals surface area contributed by atoms with Crippen LogP contribution in [0.4, 0.5) is 4.79 Å². The highest BCUT2D eigenvalue weighted by atomic mass is 79.9. The van der Waals surface area contributed by atoms with E-state index in [4.69, 9.17) is 5.11 Å². The second kappa shape index (κ2) is 3.73. The Hall–Kier alpha value is -1.23. The first-order chi connectivity index (χ1) is 7.09. The van der Waals surface area contributed by atoms with E-state index in [0.717, 1.165) is 10.0 Å². The van der Waals surface area contributed by atoms with Crippen LogP contribution in [-0.2, 0) is 13.0 Å². The molecule has 4 nitrogen and oxygen atoms in total. The van der Waals surface area contributed by atoms with Crippen molar-refractivity contribution >= 4 is 22.0 Å². The van der Waals surface area contributed by atoms with Crippen molar-refractivity contribution in [3.63, 3.8) is 0 Å². The molecule has 80 valence electrons. The zero-order chi connectivity index (χ0) is 11.0. The van der Waals surface area contributed by atoms with E-state index in [-0.39, 0.29) is 12.3 Å². The minimum absolute atomic E-state index is 0.166. The van der Waals surface area contributed by atoms with E-state index in [9.17, 15) is 9.90 Å². The molecule has 0 atom stereocenters. The van der Waals surface area contributed by atoms with Crippen LogP contribution in [0.3, 0.4) is 0 Å². The largest absolute Gasteiger partial charge is 0.508 e. The monoisotopic (exact) mass is 271 g/mol. The summed E-state index contributed by atoms with van der Waals surface area (Å²) in [6.07, 6.45) is -0.309. The summed E-state index contributed by atoms with van der Waals surface area (Å²) in [7, 11) is 0. The number of nitrogens with zero attached hydrogens (tertiary/aromatic N) is 1. The number of amides is 1. The normalized spacial score (nSPS) is 14.9. The third-order valence-electron chi connectivity index (χ3n) is 2.60. The van der Waals surface area contributed by atoms with Gasteiger partial charge in [-0.25, -0.2) is 4.79 Å². The molecule has 15 heavy (non-hydrogen) atoms. The molecule has 1 aliphatic rings. The highest BCUT2D eigenvalue weighted by Gasteiger charge is 2.23. The minimum Gasteiger partial charge on any atom is -0.508 e. The zero-order valence-corrected chi connectivity index (χ0v) is 9.49. The Kier molecular flexibility index (Phi) is 2.56. The van der Waals surface area contributed by atoms with Gasteiger partial charge < -0.3 is 15.1 Å². The maximum atomic E-state index is 10.8. The number of carbonyl (C=O) groups is 1. The maximum absolute atomic E-state index is 10.8. The third-order valence-corrected chi connectivity index (χ3v) is 3.34. The average Bonchev–Trinajstić information content (AvgIpc) is 2.23. The molecule has 2 N–H and O–H groups in total. The Labute approximate surface area is 95.3 Å². The summed E-state index contributed by atoms with van der Waals surface area (Å²) in [6.45, 7) is 0.736. The smallest absolute Gasteiger partial charge is 0.407 e. The lowest BCUT2D eigenvalue weighted by Gasteiger charge is -2.27. The van der Waals surface area contributed by atoms with Crippen LogP contribution in [0.15, 0.2) is 16.6 Å². The second-order valence-corrected chi connectivity index (χ2v) is 4.33. The Morgan fingerprint density at radius 3 is 2.80 bits per heavy atom. The van der Waals surface area contributed by atoms with Crippen LogP contribution >= 0.6 is 15.9 Å². The number of phenols is 1. The summed E-state index contributed by atoms with van der Waals surface area (Å²) >= 11 is 3.40. The van der Waals surface area contributed by atoms with Gasteiger partial charge in [0.25, 0.3) is 0 Å². The van der Waals surface area contributed by atoms with Crippen LogP contribution in [0.25, 0.3) is 0 Å². The molecule has 1 aromatic carbocycles. The van der Waals surface area contributed by atoms with Gasteiger partial charge in [0.15, 0.2) is 0 Å². The lowest BCUT2D eigenvalue weighted by Crippen LogP contribution is -2.34.